The standard InChI is InChI=1S/C23H22N6OS2/c1-4-29(5-2)19-12-10-18(11-13-19)26-25-16-6-8-17(9-7-16)27-28-23-24-22-21(32-23)14-20(31-22)15(3)30/h6-14H,4-5H2,1-3H3. The number of thiazole rings is 1. The lowest BCUT2D eigenvalue weighted by molar-refractivity contribution is 0.102. The van der Waals surface area contributed by atoms with E-state index in [1.807, 2.05) is 42.5 Å². The van der Waals surface area contributed by atoms with E-state index in [9.17, 15) is 4.79 Å². The van der Waals surface area contributed by atoms with E-state index in [0.717, 1.165) is 34.0 Å². The molecule has 0 saturated carbocycles. The molecule has 9 heteroatoms. The van der Waals surface area contributed by atoms with Crippen LogP contribution in [-0.2, 0) is 0 Å². The zero-order valence-electron chi connectivity index (χ0n) is 18.0. The third-order valence-corrected chi connectivity index (χ3v) is 6.93. The van der Waals surface area contributed by atoms with Gasteiger partial charge < -0.3 is 4.90 Å². The number of hydrogen-bond donors (Lipinski definition) is 0. The minimum absolute atomic E-state index is 0.0530. The summed E-state index contributed by atoms with van der Waals surface area (Å²) in [5.41, 5.74) is 3.43. The van der Waals surface area contributed by atoms with Crippen LogP contribution < -0.4 is 4.90 Å². The summed E-state index contributed by atoms with van der Waals surface area (Å²) in [6, 6.07) is 17.3. The first-order valence-corrected chi connectivity index (χ1v) is 11.9. The Morgan fingerprint density at radius 3 is 1.88 bits per heavy atom. The second-order valence-electron chi connectivity index (χ2n) is 6.94. The van der Waals surface area contributed by atoms with Gasteiger partial charge in [-0.05, 0) is 75.4 Å². The summed E-state index contributed by atoms with van der Waals surface area (Å²) in [7, 11) is 0. The molecular weight excluding hydrogens is 440 g/mol. The van der Waals surface area contributed by atoms with Crippen LogP contribution in [-0.4, -0.2) is 23.9 Å². The van der Waals surface area contributed by atoms with E-state index < -0.39 is 0 Å². The molecule has 0 atom stereocenters. The zero-order chi connectivity index (χ0) is 22.5. The van der Waals surface area contributed by atoms with Gasteiger partial charge in [-0.2, -0.15) is 10.2 Å². The fourth-order valence-electron chi connectivity index (χ4n) is 3.06. The van der Waals surface area contributed by atoms with Crippen molar-refractivity contribution in [3.05, 3.63) is 59.5 Å². The number of rotatable bonds is 8. The van der Waals surface area contributed by atoms with E-state index in [-0.39, 0.29) is 5.78 Å². The van der Waals surface area contributed by atoms with Crippen LogP contribution >= 0.6 is 22.7 Å². The molecular formula is C23H22N6OS2. The van der Waals surface area contributed by atoms with Gasteiger partial charge in [0.2, 0.25) is 5.13 Å². The van der Waals surface area contributed by atoms with Gasteiger partial charge in [0, 0.05) is 18.8 Å². The number of anilines is 1. The predicted molar refractivity (Wildman–Crippen MR) is 132 cm³/mol. The third kappa shape index (κ3) is 5.12. The molecule has 0 N–H and O–H groups in total. The molecule has 32 heavy (non-hydrogen) atoms. The monoisotopic (exact) mass is 462 g/mol. The number of azo groups is 2. The molecule has 0 spiro atoms. The number of nitrogens with zero attached hydrogens (tertiary/aromatic N) is 6. The fraction of sp³-hybridized carbons (Fsp3) is 0.217. The summed E-state index contributed by atoms with van der Waals surface area (Å²) in [6.45, 7) is 7.80. The lowest BCUT2D eigenvalue weighted by atomic mass is 10.2. The average Bonchev–Trinajstić information content (AvgIpc) is 3.38. The molecule has 4 rings (SSSR count). The van der Waals surface area contributed by atoms with E-state index in [2.05, 4.69) is 56.3 Å². The van der Waals surface area contributed by atoms with Crippen molar-refractivity contribution in [1.82, 2.24) is 4.98 Å². The van der Waals surface area contributed by atoms with Crippen molar-refractivity contribution in [3.63, 3.8) is 0 Å². The van der Waals surface area contributed by atoms with Crippen LogP contribution in [0.25, 0.3) is 9.53 Å². The van der Waals surface area contributed by atoms with Gasteiger partial charge >= 0.3 is 0 Å². The van der Waals surface area contributed by atoms with Gasteiger partial charge in [0.05, 0.1) is 26.6 Å². The van der Waals surface area contributed by atoms with Gasteiger partial charge in [-0.3, -0.25) is 4.79 Å². The van der Waals surface area contributed by atoms with E-state index in [4.69, 9.17) is 0 Å². The van der Waals surface area contributed by atoms with Crippen LogP contribution in [0, 0.1) is 0 Å². The Bertz CT molecular complexity index is 1240. The number of carbonyl (C=O) groups excluding carboxylic acids is 1. The first kappa shape index (κ1) is 21.9. The van der Waals surface area contributed by atoms with Gasteiger partial charge in [-0.15, -0.1) is 21.6 Å². The molecule has 2 aromatic heterocycles. The number of fused-ring (bicyclic) bond motifs is 1. The fourth-order valence-corrected chi connectivity index (χ4v) is 4.99. The van der Waals surface area contributed by atoms with Gasteiger partial charge in [0.15, 0.2) is 5.78 Å². The van der Waals surface area contributed by atoms with Gasteiger partial charge in [-0.25, -0.2) is 4.98 Å². The van der Waals surface area contributed by atoms with Crippen LogP contribution in [0.2, 0.25) is 0 Å². The number of ketones is 1. The van der Waals surface area contributed by atoms with Crippen LogP contribution in [0.15, 0.2) is 75.1 Å². The first-order chi connectivity index (χ1) is 15.6. The van der Waals surface area contributed by atoms with Crippen molar-refractivity contribution < 1.29 is 4.79 Å². The van der Waals surface area contributed by atoms with Crippen molar-refractivity contribution in [2.24, 2.45) is 20.5 Å². The number of thiophene rings is 1. The van der Waals surface area contributed by atoms with Crippen LogP contribution in [0.3, 0.4) is 0 Å². The molecule has 2 heterocycles. The molecule has 0 radical (unpaired) electrons. The summed E-state index contributed by atoms with van der Waals surface area (Å²) in [6.07, 6.45) is 0. The molecule has 0 aliphatic heterocycles. The average molecular weight is 463 g/mol. The Morgan fingerprint density at radius 1 is 0.844 bits per heavy atom. The Balaban J connectivity index is 1.39. The van der Waals surface area contributed by atoms with Crippen molar-refractivity contribution in [1.29, 1.82) is 0 Å². The molecule has 7 nitrogen and oxygen atoms in total. The molecule has 0 bridgehead atoms. The SMILES string of the molecule is CCN(CC)c1ccc(N=Nc2ccc(N=Nc3nc4sc(C(C)=O)cc4s3)cc2)cc1. The summed E-state index contributed by atoms with van der Waals surface area (Å²) in [4.78, 5) is 19.7. The molecule has 0 aliphatic rings. The van der Waals surface area contributed by atoms with E-state index in [0.29, 0.717) is 15.7 Å². The maximum atomic E-state index is 11.5. The topological polar surface area (TPSA) is 82.6 Å². The Hall–Kier alpha value is -3.30. The van der Waals surface area contributed by atoms with E-state index >= 15 is 0 Å². The van der Waals surface area contributed by atoms with E-state index in [1.165, 1.54) is 28.4 Å². The number of carbonyl (C=O) groups is 1. The molecule has 4 aromatic rings. The summed E-state index contributed by atoms with van der Waals surface area (Å²) < 4.78 is 0.954. The van der Waals surface area contributed by atoms with Crippen LogP contribution in [0.4, 0.5) is 27.9 Å². The van der Waals surface area contributed by atoms with Crippen LogP contribution in [0.1, 0.15) is 30.4 Å². The zero-order valence-corrected chi connectivity index (χ0v) is 19.7. The highest BCUT2D eigenvalue weighted by atomic mass is 32.1. The molecule has 0 fully saturated rings. The quantitative estimate of drug-likeness (QED) is 0.195. The summed E-state index contributed by atoms with van der Waals surface area (Å²) in [5.74, 6) is 0.0530. The largest absolute Gasteiger partial charge is 0.372 e. The molecule has 162 valence electrons. The third-order valence-electron chi connectivity index (χ3n) is 4.78. The van der Waals surface area contributed by atoms with Crippen LogP contribution in [0.5, 0.6) is 0 Å². The highest BCUT2D eigenvalue weighted by Crippen LogP contribution is 2.35. The van der Waals surface area contributed by atoms with Crippen molar-refractivity contribution >= 4 is 65.9 Å². The lowest BCUT2D eigenvalue weighted by Gasteiger charge is -2.20. The smallest absolute Gasteiger partial charge is 0.231 e. The number of aromatic nitrogens is 1. The molecule has 0 amide bonds. The molecule has 2 aromatic carbocycles. The second kappa shape index (κ2) is 9.88. The minimum Gasteiger partial charge on any atom is -0.372 e. The maximum Gasteiger partial charge on any atom is 0.231 e. The highest BCUT2D eigenvalue weighted by Gasteiger charge is 2.10. The second-order valence-corrected chi connectivity index (χ2v) is 8.98. The Kier molecular flexibility index (Phi) is 6.77. The number of Topliss-reactive ketones (excluding diaryl/α,β-unsaturated/α-hetero) is 1. The summed E-state index contributed by atoms with van der Waals surface area (Å²) >= 11 is 2.80. The molecule has 0 aliphatic carbocycles. The number of benzene rings is 2. The maximum absolute atomic E-state index is 11.5. The molecule has 0 unspecified atom stereocenters. The Labute approximate surface area is 194 Å². The number of hydrogen-bond acceptors (Lipinski definition) is 9. The van der Waals surface area contributed by atoms with Gasteiger partial charge in [-0.1, -0.05) is 11.3 Å². The van der Waals surface area contributed by atoms with Gasteiger partial charge in [0.1, 0.15) is 4.83 Å². The van der Waals surface area contributed by atoms with Crippen molar-refractivity contribution in [2.45, 2.75) is 20.8 Å². The highest BCUT2D eigenvalue weighted by molar-refractivity contribution is 7.29. The predicted octanol–water partition coefficient (Wildman–Crippen LogP) is 8.24. The van der Waals surface area contributed by atoms with Gasteiger partial charge in [0.25, 0.3) is 0 Å². The first-order valence-electron chi connectivity index (χ1n) is 10.3. The normalized spacial score (nSPS) is 11.7. The Morgan fingerprint density at radius 2 is 1.38 bits per heavy atom. The molecule has 0 saturated heterocycles. The van der Waals surface area contributed by atoms with E-state index in [1.54, 1.807) is 6.92 Å². The minimum atomic E-state index is 0.0530. The van der Waals surface area contributed by atoms with Crippen molar-refractivity contribution in [3.8, 4) is 0 Å². The lowest BCUT2D eigenvalue weighted by Crippen LogP contribution is -2.21. The van der Waals surface area contributed by atoms with Crippen molar-refractivity contribution in [2.75, 3.05) is 18.0 Å². The summed E-state index contributed by atoms with van der Waals surface area (Å²) in [5, 5.41) is 17.6.